The van der Waals surface area contributed by atoms with E-state index in [1.54, 1.807) is 0 Å². The van der Waals surface area contributed by atoms with Crippen LogP contribution in [0.3, 0.4) is 0 Å². The van der Waals surface area contributed by atoms with Gasteiger partial charge in [0.1, 0.15) is 5.82 Å². The van der Waals surface area contributed by atoms with Gasteiger partial charge in [-0.15, -0.1) is 0 Å². The van der Waals surface area contributed by atoms with E-state index in [1.165, 1.54) is 42.5 Å². The highest BCUT2D eigenvalue weighted by Gasteiger charge is 2.28. The van der Waals surface area contributed by atoms with Gasteiger partial charge in [0.15, 0.2) is 0 Å². The van der Waals surface area contributed by atoms with Gasteiger partial charge in [0.2, 0.25) is 0 Å². The van der Waals surface area contributed by atoms with E-state index in [0.29, 0.717) is 12.3 Å². The molecule has 2 atom stereocenters. The quantitative estimate of drug-likeness (QED) is 0.342. The average molecular weight is 586 g/mol. The highest BCUT2D eigenvalue weighted by atomic mass is 16.5. The first-order valence-corrected chi connectivity index (χ1v) is 16.1. The van der Waals surface area contributed by atoms with Crippen LogP contribution in [0.5, 0.6) is 0 Å². The molecular formula is C34H47N7O2. The maximum absolute atomic E-state index is 12.7. The van der Waals surface area contributed by atoms with Gasteiger partial charge in [0.05, 0.1) is 24.9 Å². The van der Waals surface area contributed by atoms with Crippen molar-refractivity contribution >= 4 is 17.5 Å². The first-order valence-electron chi connectivity index (χ1n) is 16.1. The van der Waals surface area contributed by atoms with Crippen molar-refractivity contribution in [1.29, 1.82) is 0 Å². The van der Waals surface area contributed by atoms with Crippen molar-refractivity contribution in [2.45, 2.75) is 58.3 Å². The van der Waals surface area contributed by atoms with E-state index in [4.69, 9.17) is 14.8 Å². The summed E-state index contributed by atoms with van der Waals surface area (Å²) in [5.41, 5.74) is 8.08. The van der Waals surface area contributed by atoms with Crippen molar-refractivity contribution < 1.29 is 9.53 Å². The van der Waals surface area contributed by atoms with Gasteiger partial charge >= 0.3 is 5.97 Å². The SMILES string of the molecule is COC(=O)C[C@H](CN1CCC(CCc2ccc3c(n2)NCCC3)C1)c1cc(N2CCNCC2)cc(-n2nc(C)cc2C)c1. The zero-order valence-corrected chi connectivity index (χ0v) is 26.1. The molecule has 2 N–H and O–H groups in total. The van der Waals surface area contributed by atoms with Crippen LogP contribution in [-0.2, 0) is 22.4 Å². The number of methoxy groups -OCH3 is 1. The van der Waals surface area contributed by atoms with Gasteiger partial charge in [0.25, 0.3) is 0 Å². The molecule has 3 aliphatic heterocycles. The Bertz CT molecular complexity index is 1410. The Morgan fingerprint density at radius 1 is 1.07 bits per heavy atom. The first kappa shape index (κ1) is 29.6. The number of aryl methyl sites for hydroxylation is 4. The van der Waals surface area contributed by atoms with Crippen molar-refractivity contribution in [2.75, 3.05) is 69.7 Å². The fraction of sp³-hybridized carbons (Fsp3) is 0.559. The van der Waals surface area contributed by atoms with Crippen LogP contribution in [0.2, 0.25) is 0 Å². The largest absolute Gasteiger partial charge is 0.469 e. The Labute approximate surface area is 256 Å². The number of piperazine rings is 1. The number of carbonyl (C=O) groups is 1. The van der Waals surface area contributed by atoms with Crippen LogP contribution in [0, 0.1) is 19.8 Å². The second kappa shape index (κ2) is 13.5. The summed E-state index contributed by atoms with van der Waals surface area (Å²) in [5, 5.41) is 11.7. The maximum Gasteiger partial charge on any atom is 0.306 e. The van der Waals surface area contributed by atoms with E-state index in [2.05, 4.69) is 63.8 Å². The number of hydrogen-bond acceptors (Lipinski definition) is 8. The van der Waals surface area contributed by atoms with Gasteiger partial charge in [-0.1, -0.05) is 6.07 Å². The molecule has 9 nitrogen and oxygen atoms in total. The number of fused-ring (bicyclic) bond motifs is 1. The Balaban J connectivity index is 1.19. The monoisotopic (exact) mass is 585 g/mol. The van der Waals surface area contributed by atoms with Crippen molar-refractivity contribution in [1.82, 2.24) is 25.0 Å². The molecule has 0 amide bonds. The van der Waals surface area contributed by atoms with Crippen molar-refractivity contribution in [2.24, 2.45) is 5.92 Å². The molecule has 2 saturated heterocycles. The molecule has 43 heavy (non-hydrogen) atoms. The number of carbonyl (C=O) groups excluding carboxylic acids is 1. The lowest BCUT2D eigenvalue weighted by molar-refractivity contribution is -0.141. The molecule has 9 heteroatoms. The number of nitrogens with one attached hydrogen (secondary N) is 2. The summed E-state index contributed by atoms with van der Waals surface area (Å²) in [6.45, 7) is 12.0. The van der Waals surface area contributed by atoms with Crippen molar-refractivity contribution in [3.8, 4) is 5.69 Å². The summed E-state index contributed by atoms with van der Waals surface area (Å²) in [5.74, 6) is 1.61. The number of benzene rings is 1. The molecule has 0 bridgehead atoms. The zero-order chi connectivity index (χ0) is 29.8. The highest BCUT2D eigenvalue weighted by molar-refractivity contribution is 5.71. The first-order chi connectivity index (χ1) is 20.9. The molecule has 0 saturated carbocycles. The Morgan fingerprint density at radius 2 is 1.91 bits per heavy atom. The Hall–Kier alpha value is -3.43. The van der Waals surface area contributed by atoms with E-state index in [0.717, 1.165) is 94.5 Å². The predicted molar refractivity (Wildman–Crippen MR) is 171 cm³/mol. The van der Waals surface area contributed by atoms with Crippen LogP contribution in [0.4, 0.5) is 11.5 Å². The van der Waals surface area contributed by atoms with E-state index >= 15 is 0 Å². The Kier molecular flexibility index (Phi) is 9.28. The number of hydrogen-bond donors (Lipinski definition) is 2. The number of nitrogens with zero attached hydrogens (tertiary/aromatic N) is 5. The molecule has 0 aliphatic carbocycles. The van der Waals surface area contributed by atoms with E-state index in [1.807, 2.05) is 11.6 Å². The lowest BCUT2D eigenvalue weighted by atomic mass is 9.93. The third kappa shape index (κ3) is 7.21. The molecule has 2 fully saturated rings. The van der Waals surface area contributed by atoms with Crippen LogP contribution in [0.15, 0.2) is 36.4 Å². The number of anilines is 2. The van der Waals surface area contributed by atoms with Gasteiger partial charge in [0, 0.05) is 68.8 Å². The van der Waals surface area contributed by atoms with Crippen molar-refractivity contribution in [3.05, 3.63) is 64.6 Å². The smallest absolute Gasteiger partial charge is 0.306 e. The summed E-state index contributed by atoms with van der Waals surface area (Å²) in [6.07, 6.45) is 6.02. The lowest BCUT2D eigenvalue weighted by Crippen LogP contribution is -2.43. The summed E-state index contributed by atoms with van der Waals surface area (Å²) in [4.78, 5) is 22.6. The normalized spacial score (nSPS) is 19.6. The predicted octanol–water partition coefficient (Wildman–Crippen LogP) is 4.25. The van der Waals surface area contributed by atoms with E-state index in [9.17, 15) is 4.79 Å². The van der Waals surface area contributed by atoms with E-state index in [-0.39, 0.29) is 11.9 Å². The summed E-state index contributed by atoms with van der Waals surface area (Å²) >= 11 is 0. The van der Waals surface area contributed by atoms with Gasteiger partial charge in [-0.05, 0) is 99.9 Å². The number of esters is 1. The van der Waals surface area contributed by atoms with E-state index < -0.39 is 0 Å². The Morgan fingerprint density at radius 3 is 2.70 bits per heavy atom. The van der Waals surface area contributed by atoms with Crippen LogP contribution >= 0.6 is 0 Å². The highest BCUT2D eigenvalue weighted by Crippen LogP contribution is 2.32. The molecule has 1 unspecified atom stereocenters. The van der Waals surface area contributed by atoms with Crippen LogP contribution < -0.4 is 15.5 Å². The second-order valence-corrected chi connectivity index (χ2v) is 12.6. The minimum atomic E-state index is -0.159. The number of aromatic nitrogens is 3. The zero-order valence-electron chi connectivity index (χ0n) is 26.1. The van der Waals surface area contributed by atoms with Gasteiger partial charge in [-0.25, -0.2) is 9.67 Å². The number of rotatable bonds is 10. The molecule has 5 heterocycles. The lowest BCUT2D eigenvalue weighted by Gasteiger charge is -2.31. The van der Waals surface area contributed by atoms with Gasteiger partial charge in [-0.2, -0.15) is 5.10 Å². The molecule has 3 aliphatic rings. The topological polar surface area (TPSA) is 87.5 Å². The minimum absolute atomic E-state index is 0.0400. The van der Waals surface area contributed by atoms with Crippen LogP contribution in [0.25, 0.3) is 5.69 Å². The fourth-order valence-electron chi connectivity index (χ4n) is 7.03. The summed E-state index contributed by atoms with van der Waals surface area (Å²) in [7, 11) is 1.49. The fourth-order valence-corrected chi connectivity index (χ4v) is 7.03. The molecular weight excluding hydrogens is 538 g/mol. The summed E-state index contributed by atoms with van der Waals surface area (Å²) < 4.78 is 7.23. The van der Waals surface area contributed by atoms with Crippen LogP contribution in [-0.4, -0.2) is 85.1 Å². The molecule has 2 aromatic heterocycles. The van der Waals surface area contributed by atoms with Crippen LogP contribution in [0.1, 0.15) is 59.8 Å². The molecule has 230 valence electrons. The maximum atomic E-state index is 12.7. The number of ether oxygens (including phenoxy) is 1. The second-order valence-electron chi connectivity index (χ2n) is 12.6. The number of likely N-dealkylation sites (tertiary alicyclic amines) is 1. The third-order valence-corrected chi connectivity index (χ3v) is 9.38. The molecule has 0 spiro atoms. The minimum Gasteiger partial charge on any atom is -0.469 e. The van der Waals surface area contributed by atoms with Gasteiger partial charge < -0.3 is 25.2 Å². The molecule has 0 radical (unpaired) electrons. The molecule has 6 rings (SSSR count). The molecule has 3 aromatic rings. The van der Waals surface area contributed by atoms with Gasteiger partial charge in [-0.3, -0.25) is 4.79 Å². The van der Waals surface area contributed by atoms with Crippen molar-refractivity contribution in [3.63, 3.8) is 0 Å². The average Bonchev–Trinajstić information content (AvgIpc) is 3.64. The summed E-state index contributed by atoms with van der Waals surface area (Å²) in [6, 6.07) is 13.4. The number of pyridine rings is 1. The standard InChI is InChI=1S/C34H47N7O2/c1-24-17-25(2)41(38-24)32-19-28(18-31(21-32)40-15-12-35-13-16-40)29(20-33(42)43-3)23-39-14-10-26(22-39)6-8-30-9-7-27-5-4-11-36-34(27)37-30/h7,9,17-19,21,26,29,35H,4-6,8,10-16,20,22-23H2,1-3H3,(H,36,37)/t26?,29-/m1/s1. The third-order valence-electron chi connectivity index (χ3n) is 9.38. The molecule has 1 aromatic carbocycles.